The smallest absolute Gasteiger partial charge is 0.483 e. The van der Waals surface area contributed by atoms with Gasteiger partial charge in [0.15, 0.2) is 0 Å². The standard InChI is InChI=1S/C13H17.2CH2O2.CH3.Ti/c1-3-7-12-10(5-1)9-11-6-2-4-8-13(11)12;2*2-1-3;;/h5H,1-4,6-9H2;2*1H,(H,2,3);1H3;/q-1;;;-1;+2. The van der Waals surface area contributed by atoms with Gasteiger partial charge in [-0.3, -0.25) is 9.59 Å². The molecule has 0 unspecified atom stereocenters. The molecule has 2 N–H and O–H groups in total. The minimum Gasteiger partial charge on any atom is -0.483 e. The van der Waals surface area contributed by atoms with E-state index in [0.29, 0.717) is 0 Å². The zero-order chi connectivity index (χ0) is 14.1. The Morgan fingerprint density at radius 3 is 2.05 bits per heavy atom. The molecule has 0 aromatic rings. The predicted molar refractivity (Wildman–Crippen MR) is 79.1 cm³/mol. The molecule has 3 aliphatic carbocycles. The van der Waals surface area contributed by atoms with Crippen LogP contribution >= 0.6 is 0 Å². The number of carboxylic acid groups (broad SMARTS) is 2. The first kappa shape index (κ1) is 22.3. The van der Waals surface area contributed by atoms with Crippen LogP contribution in [0.2, 0.25) is 0 Å². The summed E-state index contributed by atoms with van der Waals surface area (Å²) in [7, 11) is 0. The van der Waals surface area contributed by atoms with E-state index in [2.05, 4.69) is 6.42 Å². The van der Waals surface area contributed by atoms with Crippen LogP contribution in [-0.2, 0) is 31.3 Å². The maximum absolute atomic E-state index is 8.36. The molecule has 0 aromatic carbocycles. The molecule has 0 heterocycles. The summed E-state index contributed by atoms with van der Waals surface area (Å²) in [6.07, 6.45) is 13.6. The van der Waals surface area contributed by atoms with Gasteiger partial charge in [0.25, 0.3) is 12.9 Å². The Labute approximate surface area is 142 Å². The molecular formula is C16H24O4Ti. The van der Waals surface area contributed by atoms with E-state index in [9.17, 15) is 0 Å². The van der Waals surface area contributed by atoms with Crippen molar-refractivity contribution in [3.63, 3.8) is 0 Å². The van der Waals surface area contributed by atoms with Crippen LogP contribution in [0.4, 0.5) is 0 Å². The van der Waals surface area contributed by atoms with Crippen molar-refractivity contribution in [2.24, 2.45) is 0 Å². The average Bonchev–Trinajstić information content (AvgIpc) is 2.79. The second-order valence-electron chi connectivity index (χ2n) is 4.78. The van der Waals surface area contributed by atoms with E-state index in [0.717, 1.165) is 0 Å². The number of hydrogen-bond acceptors (Lipinski definition) is 2. The topological polar surface area (TPSA) is 74.6 Å². The van der Waals surface area contributed by atoms with Crippen LogP contribution in [0.25, 0.3) is 0 Å². The van der Waals surface area contributed by atoms with Crippen molar-refractivity contribution in [2.75, 3.05) is 0 Å². The molecule has 3 aliphatic rings. The van der Waals surface area contributed by atoms with Gasteiger partial charge in [-0.1, -0.05) is 24.8 Å². The van der Waals surface area contributed by atoms with Crippen LogP contribution in [-0.4, -0.2) is 23.2 Å². The SMILES string of the molecule is O=CO.O=CO.[CH-]1CCCC2=C1CC1=C2CCCC1.[CH3-].[Ti+2]. The maximum atomic E-state index is 8.36. The number of fused-ring (bicyclic) bond motifs is 1. The predicted octanol–water partition coefficient (Wildman–Crippen LogP) is 3.79. The van der Waals surface area contributed by atoms with Gasteiger partial charge in [0.1, 0.15) is 0 Å². The van der Waals surface area contributed by atoms with E-state index in [-0.39, 0.29) is 42.1 Å². The first-order chi connectivity index (χ1) is 9.28. The van der Waals surface area contributed by atoms with Crippen molar-refractivity contribution in [3.8, 4) is 0 Å². The monoisotopic (exact) mass is 328 g/mol. The Bertz CT molecular complexity index is 350. The van der Waals surface area contributed by atoms with E-state index in [4.69, 9.17) is 19.8 Å². The molecule has 0 aliphatic heterocycles. The van der Waals surface area contributed by atoms with Crippen LogP contribution in [0.5, 0.6) is 0 Å². The normalized spacial score (nSPS) is 17.9. The van der Waals surface area contributed by atoms with Gasteiger partial charge in [0, 0.05) is 0 Å². The van der Waals surface area contributed by atoms with Gasteiger partial charge in [-0.25, -0.2) is 12.0 Å². The Morgan fingerprint density at radius 2 is 1.43 bits per heavy atom. The maximum Gasteiger partial charge on any atom is 2.00 e. The van der Waals surface area contributed by atoms with Gasteiger partial charge in [-0.2, -0.15) is 5.57 Å². The second-order valence-corrected chi connectivity index (χ2v) is 4.78. The van der Waals surface area contributed by atoms with E-state index in [1.165, 1.54) is 51.4 Å². The molecule has 0 saturated heterocycles. The molecule has 21 heavy (non-hydrogen) atoms. The number of carbonyl (C=O) groups is 2. The van der Waals surface area contributed by atoms with Crippen LogP contribution in [0.1, 0.15) is 51.4 Å². The van der Waals surface area contributed by atoms with Crippen molar-refractivity contribution < 1.29 is 41.5 Å². The van der Waals surface area contributed by atoms with Gasteiger partial charge in [-0.15, -0.1) is 12.0 Å². The third-order valence-corrected chi connectivity index (χ3v) is 3.76. The van der Waals surface area contributed by atoms with Crippen molar-refractivity contribution in [1.29, 1.82) is 0 Å². The summed E-state index contributed by atoms with van der Waals surface area (Å²) in [5.41, 5.74) is 7.06. The van der Waals surface area contributed by atoms with E-state index < -0.39 is 0 Å². The molecule has 0 bridgehead atoms. The van der Waals surface area contributed by atoms with Gasteiger partial charge in [0.2, 0.25) is 0 Å². The third kappa shape index (κ3) is 6.53. The third-order valence-electron chi connectivity index (χ3n) is 3.76. The van der Waals surface area contributed by atoms with Crippen LogP contribution in [0, 0.1) is 13.8 Å². The number of allylic oxidation sites excluding steroid dienone is 4. The van der Waals surface area contributed by atoms with Crippen molar-refractivity contribution >= 4 is 12.9 Å². The van der Waals surface area contributed by atoms with Gasteiger partial charge >= 0.3 is 21.7 Å². The molecule has 0 spiro atoms. The fourth-order valence-electron chi connectivity index (χ4n) is 3.12. The summed E-state index contributed by atoms with van der Waals surface area (Å²) in [4.78, 5) is 16.7. The fraction of sp³-hybridized carbons (Fsp3) is 0.500. The Morgan fingerprint density at radius 1 is 0.905 bits per heavy atom. The quantitative estimate of drug-likeness (QED) is 0.403. The summed E-state index contributed by atoms with van der Waals surface area (Å²) < 4.78 is 0. The molecule has 0 saturated carbocycles. The zero-order valence-electron chi connectivity index (χ0n) is 12.6. The fourth-order valence-corrected chi connectivity index (χ4v) is 3.12. The van der Waals surface area contributed by atoms with Crippen molar-refractivity contribution in [3.05, 3.63) is 36.1 Å². The molecule has 0 radical (unpaired) electrons. The first-order valence-corrected chi connectivity index (χ1v) is 6.70. The molecule has 0 amide bonds. The second kappa shape index (κ2) is 12.7. The van der Waals surface area contributed by atoms with Crippen LogP contribution in [0.15, 0.2) is 22.3 Å². The Balaban J connectivity index is 0. The molecule has 5 heteroatoms. The Kier molecular flexibility index (Phi) is 13.5. The van der Waals surface area contributed by atoms with Gasteiger partial charge in [-0.05, 0) is 25.7 Å². The average molecular weight is 328 g/mol. The van der Waals surface area contributed by atoms with Crippen molar-refractivity contribution in [1.82, 2.24) is 0 Å². The summed E-state index contributed by atoms with van der Waals surface area (Å²) in [6, 6.07) is 0. The summed E-state index contributed by atoms with van der Waals surface area (Å²) in [5.74, 6) is 0. The number of hydrogen-bond donors (Lipinski definition) is 2. The van der Waals surface area contributed by atoms with Gasteiger partial charge < -0.3 is 17.6 Å². The summed E-state index contributed by atoms with van der Waals surface area (Å²) in [5, 5.41) is 13.8. The molecule has 3 rings (SSSR count). The Hall–Kier alpha value is -0.996. The molecule has 116 valence electrons. The minimum absolute atomic E-state index is 0. The molecular weight excluding hydrogens is 304 g/mol. The minimum atomic E-state index is -0.250. The molecule has 0 aromatic heterocycles. The molecule has 4 nitrogen and oxygen atoms in total. The number of rotatable bonds is 0. The molecule has 0 fully saturated rings. The summed E-state index contributed by atoms with van der Waals surface area (Å²) >= 11 is 0. The van der Waals surface area contributed by atoms with Crippen LogP contribution in [0.3, 0.4) is 0 Å². The van der Waals surface area contributed by atoms with Gasteiger partial charge in [0.05, 0.1) is 0 Å². The van der Waals surface area contributed by atoms with Crippen LogP contribution < -0.4 is 0 Å². The van der Waals surface area contributed by atoms with Crippen molar-refractivity contribution in [2.45, 2.75) is 51.4 Å². The zero-order valence-corrected chi connectivity index (χ0v) is 14.2. The van der Waals surface area contributed by atoms with E-state index in [1.807, 2.05) is 0 Å². The summed E-state index contributed by atoms with van der Waals surface area (Å²) in [6.45, 7) is -0.500. The van der Waals surface area contributed by atoms with E-state index in [1.54, 1.807) is 22.3 Å². The van der Waals surface area contributed by atoms with E-state index >= 15 is 0 Å². The first-order valence-electron chi connectivity index (χ1n) is 6.70. The largest absolute Gasteiger partial charge is 2.00 e. The molecule has 0 atom stereocenters.